The van der Waals surface area contributed by atoms with Gasteiger partial charge in [0.15, 0.2) is 10.8 Å². The van der Waals surface area contributed by atoms with Gasteiger partial charge in [0.05, 0.1) is 14.2 Å². The first kappa shape index (κ1) is 14.3. The van der Waals surface area contributed by atoms with Crippen LogP contribution in [0.15, 0.2) is 5.38 Å². The van der Waals surface area contributed by atoms with Crippen molar-refractivity contribution in [1.82, 2.24) is 4.90 Å². The van der Waals surface area contributed by atoms with Crippen molar-refractivity contribution < 1.29 is 14.3 Å². The fraction of sp³-hybridized carbons (Fsp3) is 0.643. The third kappa shape index (κ3) is 3.48. The number of carbonyl (C=O) groups is 1. The number of hydrogen-bond acceptors (Lipinski definition) is 5. The number of likely N-dealkylation sites (tertiary alicyclic amines) is 1. The minimum Gasteiger partial charge on any atom is -0.495 e. The summed E-state index contributed by atoms with van der Waals surface area (Å²) in [5.41, 5.74) is 0.608. The van der Waals surface area contributed by atoms with Gasteiger partial charge in [-0.15, -0.1) is 11.3 Å². The molecule has 19 heavy (non-hydrogen) atoms. The Balaban J connectivity index is 1.89. The zero-order chi connectivity index (χ0) is 13.7. The van der Waals surface area contributed by atoms with E-state index in [9.17, 15) is 4.79 Å². The second-order valence-electron chi connectivity index (χ2n) is 4.75. The Labute approximate surface area is 118 Å². The van der Waals surface area contributed by atoms with Crippen LogP contribution in [0.4, 0.5) is 0 Å². The van der Waals surface area contributed by atoms with E-state index in [1.165, 1.54) is 37.3 Å². The highest BCUT2D eigenvalue weighted by Gasteiger charge is 2.21. The Hall–Kier alpha value is -1.07. The van der Waals surface area contributed by atoms with Crippen LogP contribution in [0, 0.1) is 0 Å². The summed E-state index contributed by atoms with van der Waals surface area (Å²) in [6.45, 7) is 3.37. The van der Waals surface area contributed by atoms with Crippen LogP contribution >= 0.6 is 11.3 Å². The molecular formula is C14H21NO3S. The Kier molecular flexibility index (Phi) is 5.22. The van der Waals surface area contributed by atoms with Crippen molar-refractivity contribution in [1.29, 1.82) is 0 Å². The molecule has 0 radical (unpaired) electrons. The second kappa shape index (κ2) is 6.91. The number of thiophene rings is 1. The first-order valence-corrected chi connectivity index (χ1v) is 7.59. The standard InChI is InChI=1S/C14H21NO3S/c1-17-12-10-19-14(18-2)13(12)11(16)6-5-9-15-7-3-4-8-15/h10H,3-9H2,1-2H3. The van der Waals surface area contributed by atoms with Gasteiger partial charge in [-0.05, 0) is 38.9 Å². The highest BCUT2D eigenvalue weighted by atomic mass is 32.1. The van der Waals surface area contributed by atoms with Gasteiger partial charge in [0, 0.05) is 11.8 Å². The fourth-order valence-electron chi connectivity index (χ4n) is 2.47. The predicted octanol–water partition coefficient (Wildman–Crippen LogP) is 2.82. The molecule has 0 aliphatic carbocycles. The van der Waals surface area contributed by atoms with E-state index in [2.05, 4.69) is 4.90 Å². The molecule has 0 N–H and O–H groups in total. The van der Waals surface area contributed by atoms with Crippen LogP contribution in [0.25, 0.3) is 0 Å². The topological polar surface area (TPSA) is 38.8 Å². The van der Waals surface area contributed by atoms with E-state index in [4.69, 9.17) is 9.47 Å². The molecule has 1 aromatic rings. The van der Waals surface area contributed by atoms with Gasteiger partial charge in [0.2, 0.25) is 0 Å². The number of Topliss-reactive ketones (excluding diaryl/α,β-unsaturated/α-hetero) is 1. The number of methoxy groups -OCH3 is 2. The second-order valence-corrected chi connectivity index (χ2v) is 5.59. The number of nitrogens with zero attached hydrogens (tertiary/aromatic N) is 1. The molecule has 0 spiro atoms. The molecule has 1 aliphatic rings. The summed E-state index contributed by atoms with van der Waals surface area (Å²) in [7, 11) is 3.18. The third-order valence-corrected chi connectivity index (χ3v) is 4.40. The van der Waals surface area contributed by atoms with Gasteiger partial charge >= 0.3 is 0 Å². The third-order valence-electron chi connectivity index (χ3n) is 3.48. The van der Waals surface area contributed by atoms with E-state index in [1.807, 2.05) is 5.38 Å². The summed E-state index contributed by atoms with van der Waals surface area (Å²) in [4.78, 5) is 14.7. The quantitative estimate of drug-likeness (QED) is 0.721. The van der Waals surface area contributed by atoms with E-state index in [0.29, 0.717) is 22.8 Å². The Bertz CT molecular complexity index is 403. The lowest BCUT2D eigenvalue weighted by Crippen LogP contribution is -2.21. The number of ether oxygens (including phenoxy) is 2. The van der Waals surface area contributed by atoms with Crippen LogP contribution in [0.3, 0.4) is 0 Å². The number of ketones is 1. The van der Waals surface area contributed by atoms with Gasteiger partial charge < -0.3 is 14.4 Å². The number of carbonyl (C=O) groups excluding carboxylic acids is 1. The average molecular weight is 283 g/mol. The van der Waals surface area contributed by atoms with Gasteiger partial charge in [-0.25, -0.2) is 0 Å². The van der Waals surface area contributed by atoms with E-state index >= 15 is 0 Å². The molecule has 0 saturated carbocycles. The average Bonchev–Trinajstić information content (AvgIpc) is 3.06. The monoisotopic (exact) mass is 283 g/mol. The zero-order valence-electron chi connectivity index (χ0n) is 11.6. The van der Waals surface area contributed by atoms with Crippen LogP contribution in [-0.2, 0) is 0 Å². The first-order valence-electron chi connectivity index (χ1n) is 6.71. The molecule has 4 nitrogen and oxygen atoms in total. The van der Waals surface area contributed by atoms with Crippen LogP contribution in [0.5, 0.6) is 10.8 Å². The van der Waals surface area contributed by atoms with Gasteiger partial charge in [-0.1, -0.05) is 0 Å². The normalized spacial score (nSPS) is 15.7. The van der Waals surface area contributed by atoms with Crippen LogP contribution < -0.4 is 9.47 Å². The Morgan fingerprint density at radius 3 is 2.68 bits per heavy atom. The largest absolute Gasteiger partial charge is 0.495 e. The SMILES string of the molecule is COc1csc(OC)c1C(=O)CCCN1CCCC1. The molecule has 0 aromatic carbocycles. The molecule has 1 aromatic heterocycles. The molecule has 106 valence electrons. The van der Waals surface area contributed by atoms with E-state index < -0.39 is 0 Å². The van der Waals surface area contributed by atoms with Crippen molar-refractivity contribution in [2.75, 3.05) is 33.9 Å². The molecule has 2 heterocycles. The van der Waals surface area contributed by atoms with Gasteiger partial charge in [-0.2, -0.15) is 0 Å². The molecule has 1 aliphatic heterocycles. The van der Waals surface area contributed by atoms with Gasteiger partial charge in [-0.3, -0.25) is 4.79 Å². The molecular weight excluding hydrogens is 262 g/mol. The van der Waals surface area contributed by atoms with Crippen LogP contribution in [0.1, 0.15) is 36.0 Å². The predicted molar refractivity (Wildman–Crippen MR) is 76.7 cm³/mol. The van der Waals surface area contributed by atoms with Crippen molar-refractivity contribution >= 4 is 17.1 Å². The minimum absolute atomic E-state index is 0.120. The number of rotatable bonds is 7. The minimum atomic E-state index is 0.120. The fourth-order valence-corrected chi connectivity index (χ4v) is 3.33. The molecule has 0 unspecified atom stereocenters. The molecule has 2 rings (SSSR count). The van der Waals surface area contributed by atoms with Gasteiger partial charge in [0.1, 0.15) is 11.3 Å². The lowest BCUT2D eigenvalue weighted by molar-refractivity contribution is 0.0971. The van der Waals surface area contributed by atoms with Crippen molar-refractivity contribution in [3.8, 4) is 10.8 Å². The van der Waals surface area contributed by atoms with Crippen LogP contribution in [-0.4, -0.2) is 44.5 Å². The van der Waals surface area contributed by atoms with E-state index in [-0.39, 0.29) is 5.78 Å². The summed E-state index contributed by atoms with van der Waals surface area (Å²) in [5, 5.41) is 2.48. The molecule has 5 heteroatoms. The van der Waals surface area contributed by atoms with Gasteiger partial charge in [0.25, 0.3) is 0 Å². The molecule has 1 fully saturated rings. The summed E-state index contributed by atoms with van der Waals surface area (Å²) in [5.74, 6) is 0.752. The summed E-state index contributed by atoms with van der Waals surface area (Å²) < 4.78 is 10.5. The summed E-state index contributed by atoms with van der Waals surface area (Å²) in [6, 6.07) is 0. The lowest BCUT2D eigenvalue weighted by Gasteiger charge is -2.13. The van der Waals surface area contributed by atoms with Crippen molar-refractivity contribution in [3.63, 3.8) is 0 Å². The number of hydrogen-bond donors (Lipinski definition) is 0. The Morgan fingerprint density at radius 1 is 1.32 bits per heavy atom. The molecule has 0 atom stereocenters. The maximum atomic E-state index is 12.3. The zero-order valence-corrected chi connectivity index (χ0v) is 12.4. The highest BCUT2D eigenvalue weighted by molar-refractivity contribution is 7.12. The molecule has 1 saturated heterocycles. The maximum absolute atomic E-state index is 12.3. The smallest absolute Gasteiger partial charge is 0.188 e. The highest BCUT2D eigenvalue weighted by Crippen LogP contribution is 2.36. The van der Waals surface area contributed by atoms with Crippen molar-refractivity contribution in [2.45, 2.75) is 25.7 Å². The van der Waals surface area contributed by atoms with Crippen molar-refractivity contribution in [3.05, 3.63) is 10.9 Å². The van der Waals surface area contributed by atoms with Crippen molar-refractivity contribution in [2.24, 2.45) is 0 Å². The van der Waals surface area contributed by atoms with E-state index in [1.54, 1.807) is 14.2 Å². The summed E-state index contributed by atoms with van der Waals surface area (Å²) in [6.07, 6.45) is 4.04. The first-order chi connectivity index (χ1) is 9.26. The van der Waals surface area contributed by atoms with E-state index in [0.717, 1.165) is 13.0 Å². The maximum Gasteiger partial charge on any atom is 0.188 e. The van der Waals surface area contributed by atoms with Crippen LogP contribution in [0.2, 0.25) is 0 Å². The Morgan fingerprint density at radius 2 is 2.05 bits per heavy atom. The lowest BCUT2D eigenvalue weighted by atomic mass is 10.1. The summed E-state index contributed by atoms with van der Waals surface area (Å²) >= 11 is 1.41. The molecule has 0 amide bonds. The molecule has 0 bridgehead atoms.